The van der Waals surface area contributed by atoms with Gasteiger partial charge >= 0.3 is 5.97 Å². The number of nitrogens with one attached hydrogen (secondary N) is 2. The molecule has 0 aliphatic heterocycles. The summed E-state index contributed by atoms with van der Waals surface area (Å²) in [5.74, 6) is -0.467. The number of unbranched alkanes of at least 4 members (excludes halogenated alkanes) is 1. The second-order valence-corrected chi connectivity index (χ2v) is 10.2. The highest BCUT2D eigenvalue weighted by molar-refractivity contribution is 14.1. The van der Waals surface area contributed by atoms with Crippen molar-refractivity contribution < 1.29 is 24.2 Å². The number of carbonyl (C=O) groups excluding carboxylic acids is 2. The minimum atomic E-state index is -1.04. The Balaban J connectivity index is 4.09. The lowest BCUT2D eigenvalue weighted by molar-refractivity contribution is -0.139. The molecule has 8 heteroatoms. The van der Waals surface area contributed by atoms with Gasteiger partial charge in [0.2, 0.25) is 5.91 Å². The molecule has 3 N–H and O–H groups in total. The number of halogens is 1. The Hall–Kier alpha value is -0.900. The van der Waals surface area contributed by atoms with Crippen molar-refractivity contribution in [2.24, 2.45) is 11.3 Å². The summed E-state index contributed by atoms with van der Waals surface area (Å²) in [7, 11) is 0. The van der Waals surface area contributed by atoms with Crippen LogP contribution in [0.5, 0.6) is 0 Å². The van der Waals surface area contributed by atoms with Crippen molar-refractivity contribution in [1.29, 1.82) is 0 Å². The normalized spacial score (nSPS) is 14.8. The summed E-state index contributed by atoms with van der Waals surface area (Å²) in [6.45, 7) is 14.2. The van der Waals surface area contributed by atoms with Gasteiger partial charge in [-0.05, 0) is 57.3 Å². The predicted molar refractivity (Wildman–Crippen MR) is 128 cm³/mol. The van der Waals surface area contributed by atoms with Gasteiger partial charge in [0.25, 0.3) is 3.91 Å². The van der Waals surface area contributed by atoms with Crippen molar-refractivity contribution >= 4 is 38.4 Å². The highest BCUT2D eigenvalue weighted by Crippen LogP contribution is 2.35. The summed E-state index contributed by atoms with van der Waals surface area (Å²) >= 11 is 1.52. The summed E-state index contributed by atoms with van der Waals surface area (Å²) in [6, 6.07) is -0.881. The molecule has 0 rings (SSSR count). The Morgan fingerprint density at radius 2 is 1.73 bits per heavy atom. The molecule has 0 radical (unpaired) electrons. The first-order chi connectivity index (χ1) is 13.8. The van der Waals surface area contributed by atoms with Crippen molar-refractivity contribution in [3.05, 3.63) is 0 Å². The fourth-order valence-electron chi connectivity index (χ4n) is 3.10. The van der Waals surface area contributed by atoms with E-state index in [4.69, 9.17) is 9.84 Å². The summed E-state index contributed by atoms with van der Waals surface area (Å²) < 4.78 is 5.69. The summed E-state index contributed by atoms with van der Waals surface area (Å²) in [6.07, 6.45) is 4.78. The van der Waals surface area contributed by atoms with Crippen LogP contribution in [0.3, 0.4) is 0 Å². The lowest BCUT2D eigenvalue weighted by Crippen LogP contribution is -2.38. The molecule has 176 valence electrons. The maximum absolute atomic E-state index is 12.1. The van der Waals surface area contributed by atoms with E-state index in [2.05, 4.69) is 38.3 Å². The van der Waals surface area contributed by atoms with Gasteiger partial charge in [-0.1, -0.05) is 34.1 Å². The third-order valence-corrected chi connectivity index (χ3v) is 6.46. The SMILES string of the molecule is CCC(C)(CCOC(C)(C)CCC(=O)NCCCCC(NC(=O)I)C(=O)O)C(C)C. The fourth-order valence-corrected chi connectivity index (χ4v) is 3.48. The Bertz CT molecular complexity index is 554. The largest absolute Gasteiger partial charge is 0.480 e. The summed E-state index contributed by atoms with van der Waals surface area (Å²) in [4.78, 5) is 34.2. The number of aliphatic carboxylic acids is 1. The number of amides is 2. The molecular weight excluding hydrogens is 499 g/mol. The predicted octanol–water partition coefficient (Wildman–Crippen LogP) is 4.91. The van der Waals surface area contributed by atoms with E-state index >= 15 is 0 Å². The van der Waals surface area contributed by atoms with Crippen LogP contribution in [0.15, 0.2) is 0 Å². The first-order valence-electron chi connectivity index (χ1n) is 10.9. The molecule has 0 spiro atoms. The summed E-state index contributed by atoms with van der Waals surface area (Å²) in [5.41, 5.74) is -0.0814. The minimum absolute atomic E-state index is 0.0254. The Morgan fingerprint density at radius 1 is 1.10 bits per heavy atom. The highest BCUT2D eigenvalue weighted by atomic mass is 127. The molecule has 7 nitrogen and oxygen atoms in total. The lowest BCUT2D eigenvalue weighted by atomic mass is 9.74. The number of carboxylic acids is 1. The smallest absolute Gasteiger partial charge is 0.326 e. The van der Waals surface area contributed by atoms with Crippen molar-refractivity contribution in [3.63, 3.8) is 0 Å². The van der Waals surface area contributed by atoms with E-state index in [1.807, 2.05) is 13.8 Å². The molecule has 0 aliphatic rings. The second kappa shape index (κ2) is 14.2. The van der Waals surface area contributed by atoms with Gasteiger partial charge < -0.3 is 20.5 Å². The van der Waals surface area contributed by atoms with Crippen LogP contribution in [0.25, 0.3) is 0 Å². The Labute approximate surface area is 195 Å². The van der Waals surface area contributed by atoms with E-state index < -0.39 is 12.0 Å². The van der Waals surface area contributed by atoms with E-state index in [-0.39, 0.29) is 20.8 Å². The molecule has 0 fully saturated rings. The van der Waals surface area contributed by atoms with Crippen molar-refractivity contribution in [1.82, 2.24) is 10.6 Å². The maximum atomic E-state index is 12.1. The monoisotopic (exact) mass is 540 g/mol. The van der Waals surface area contributed by atoms with Crippen LogP contribution in [-0.2, 0) is 14.3 Å². The van der Waals surface area contributed by atoms with Crippen molar-refractivity contribution in [2.75, 3.05) is 13.2 Å². The molecule has 2 amide bonds. The van der Waals surface area contributed by atoms with Crippen LogP contribution >= 0.6 is 22.6 Å². The van der Waals surface area contributed by atoms with Crippen LogP contribution in [0.2, 0.25) is 0 Å². The molecule has 2 unspecified atom stereocenters. The molecule has 30 heavy (non-hydrogen) atoms. The quantitative estimate of drug-likeness (QED) is 0.112. The van der Waals surface area contributed by atoms with Crippen LogP contribution in [-0.4, -0.2) is 45.7 Å². The molecule has 0 saturated carbocycles. The van der Waals surface area contributed by atoms with Crippen LogP contribution in [0.1, 0.15) is 86.5 Å². The number of hydrogen-bond acceptors (Lipinski definition) is 4. The molecule has 0 aromatic heterocycles. The van der Waals surface area contributed by atoms with E-state index in [0.29, 0.717) is 51.2 Å². The third kappa shape index (κ3) is 12.7. The number of carbonyl (C=O) groups is 3. The zero-order valence-electron chi connectivity index (χ0n) is 19.5. The van der Waals surface area contributed by atoms with Crippen LogP contribution in [0.4, 0.5) is 4.79 Å². The molecule has 2 atom stereocenters. The fraction of sp³-hybridized carbons (Fsp3) is 0.864. The van der Waals surface area contributed by atoms with Gasteiger partial charge in [-0.25, -0.2) is 4.79 Å². The van der Waals surface area contributed by atoms with Crippen LogP contribution < -0.4 is 10.6 Å². The van der Waals surface area contributed by atoms with Crippen LogP contribution in [0, 0.1) is 11.3 Å². The first-order valence-corrected chi connectivity index (χ1v) is 12.0. The molecule has 0 aromatic rings. The van der Waals surface area contributed by atoms with Gasteiger partial charge in [0.1, 0.15) is 6.04 Å². The molecule has 0 saturated heterocycles. The van der Waals surface area contributed by atoms with Gasteiger partial charge in [-0.2, -0.15) is 0 Å². The molecule has 0 aliphatic carbocycles. The highest BCUT2D eigenvalue weighted by Gasteiger charge is 2.27. The lowest BCUT2D eigenvalue weighted by Gasteiger charge is -2.34. The molecular formula is C22H41IN2O5. The van der Waals surface area contributed by atoms with E-state index in [1.165, 1.54) is 22.6 Å². The van der Waals surface area contributed by atoms with Gasteiger partial charge in [0.15, 0.2) is 0 Å². The van der Waals surface area contributed by atoms with E-state index in [0.717, 1.165) is 12.8 Å². The third-order valence-electron chi connectivity index (χ3n) is 6.15. The number of ether oxygens (including phenoxy) is 1. The molecule has 0 heterocycles. The standard InChI is InChI=1S/C22H41IN2O5/c1-7-22(6,16(2)3)13-15-30-21(4,5)12-11-18(26)24-14-9-8-10-17(19(27)28)25-20(23)29/h16-17H,7-15H2,1-6H3,(H,24,26)(H,25,29)(H,27,28). The number of hydrogen-bond donors (Lipinski definition) is 3. The van der Waals surface area contributed by atoms with E-state index in [1.54, 1.807) is 0 Å². The average molecular weight is 540 g/mol. The molecule has 0 aromatic carbocycles. The van der Waals surface area contributed by atoms with Crippen molar-refractivity contribution in [3.8, 4) is 0 Å². The van der Waals surface area contributed by atoms with Gasteiger partial charge in [0, 0.05) is 42.2 Å². The first kappa shape index (κ1) is 29.1. The van der Waals surface area contributed by atoms with Gasteiger partial charge in [-0.3, -0.25) is 9.59 Å². The minimum Gasteiger partial charge on any atom is -0.480 e. The number of carboxylic acid groups (broad SMARTS) is 1. The Kier molecular flexibility index (Phi) is 13.8. The molecule has 0 bridgehead atoms. The van der Waals surface area contributed by atoms with Crippen molar-refractivity contribution in [2.45, 2.75) is 98.1 Å². The van der Waals surface area contributed by atoms with Gasteiger partial charge in [0.05, 0.1) is 5.60 Å². The van der Waals surface area contributed by atoms with E-state index in [9.17, 15) is 14.4 Å². The Morgan fingerprint density at radius 3 is 2.23 bits per heavy atom. The number of rotatable bonds is 16. The summed E-state index contributed by atoms with van der Waals surface area (Å²) in [5, 5.41) is 14.3. The topological polar surface area (TPSA) is 105 Å². The zero-order valence-corrected chi connectivity index (χ0v) is 21.6. The average Bonchev–Trinajstić information content (AvgIpc) is 2.64. The van der Waals surface area contributed by atoms with Gasteiger partial charge in [-0.15, -0.1) is 0 Å². The second-order valence-electron chi connectivity index (χ2n) is 9.18. The maximum Gasteiger partial charge on any atom is 0.326 e. The zero-order chi connectivity index (χ0) is 23.4.